The Morgan fingerprint density at radius 3 is 2.10 bits per heavy atom. The van der Waals surface area contributed by atoms with Gasteiger partial charge in [-0.1, -0.05) is 69.3 Å². The number of hydrogen-bond acceptors (Lipinski definition) is 6. The lowest BCUT2D eigenvalue weighted by Gasteiger charge is -2.28. The highest BCUT2D eigenvalue weighted by molar-refractivity contribution is 5.89. The maximum atomic E-state index is 12.9. The van der Waals surface area contributed by atoms with Crippen LogP contribution in [-0.4, -0.2) is 65.2 Å². The molecule has 2 aromatic rings. The van der Waals surface area contributed by atoms with E-state index >= 15 is 0 Å². The SMILES string of the molecule is CCC(C[C@H](O)[C@H](Cc1ccccc1)NC(=O)C[C@H](NC(=O)COc1ccccc1)C(=O)O)C(=O)NCC(C)C. The first-order chi connectivity index (χ1) is 19.1. The Labute approximate surface area is 235 Å². The van der Waals surface area contributed by atoms with Gasteiger partial charge in [0.25, 0.3) is 5.91 Å². The third-order valence-electron chi connectivity index (χ3n) is 6.32. The molecule has 10 nitrogen and oxygen atoms in total. The Hall–Kier alpha value is -3.92. The zero-order chi connectivity index (χ0) is 29.5. The van der Waals surface area contributed by atoms with E-state index in [-0.39, 0.29) is 24.7 Å². The van der Waals surface area contributed by atoms with E-state index in [1.54, 1.807) is 30.3 Å². The molecule has 5 N–H and O–H groups in total. The zero-order valence-electron chi connectivity index (χ0n) is 23.3. The molecule has 0 aliphatic carbocycles. The number of carbonyl (C=O) groups is 4. The fraction of sp³-hybridized carbons (Fsp3) is 0.467. The average molecular weight is 556 g/mol. The second kappa shape index (κ2) is 16.9. The number of ether oxygens (including phenoxy) is 1. The summed E-state index contributed by atoms with van der Waals surface area (Å²) in [4.78, 5) is 49.7. The lowest BCUT2D eigenvalue weighted by atomic mass is 9.91. The summed E-state index contributed by atoms with van der Waals surface area (Å²) in [5, 5.41) is 28.7. The van der Waals surface area contributed by atoms with Crippen molar-refractivity contribution in [3.63, 3.8) is 0 Å². The van der Waals surface area contributed by atoms with E-state index in [1.165, 1.54) is 0 Å². The molecule has 0 aliphatic heterocycles. The summed E-state index contributed by atoms with van der Waals surface area (Å²) in [6.45, 7) is 5.95. The number of carboxylic acids is 1. The minimum Gasteiger partial charge on any atom is -0.484 e. The van der Waals surface area contributed by atoms with Gasteiger partial charge in [0.05, 0.1) is 18.6 Å². The minimum absolute atomic E-state index is 0.119. The molecule has 0 aromatic heterocycles. The molecule has 0 heterocycles. The summed E-state index contributed by atoms with van der Waals surface area (Å²) < 4.78 is 5.34. The molecule has 0 spiro atoms. The van der Waals surface area contributed by atoms with Gasteiger partial charge in [-0.05, 0) is 42.9 Å². The number of nitrogens with one attached hydrogen (secondary N) is 3. The van der Waals surface area contributed by atoms with E-state index in [0.29, 0.717) is 18.7 Å². The van der Waals surface area contributed by atoms with Crippen molar-refractivity contribution in [2.75, 3.05) is 13.2 Å². The fourth-order valence-electron chi connectivity index (χ4n) is 4.07. The molecule has 0 saturated carbocycles. The van der Waals surface area contributed by atoms with Crippen LogP contribution < -0.4 is 20.7 Å². The number of amides is 3. The first-order valence-corrected chi connectivity index (χ1v) is 13.6. The number of carboxylic acid groups (broad SMARTS) is 1. The zero-order valence-corrected chi connectivity index (χ0v) is 23.3. The predicted octanol–water partition coefficient (Wildman–Crippen LogP) is 2.30. The maximum absolute atomic E-state index is 12.9. The van der Waals surface area contributed by atoms with Crippen molar-refractivity contribution in [3.8, 4) is 5.75 Å². The van der Waals surface area contributed by atoms with Crippen LogP contribution in [-0.2, 0) is 25.6 Å². The molecule has 1 unspecified atom stereocenters. The summed E-state index contributed by atoms with van der Waals surface area (Å²) in [7, 11) is 0. The number of aliphatic carboxylic acids is 1. The van der Waals surface area contributed by atoms with Crippen molar-refractivity contribution < 1.29 is 34.1 Å². The molecule has 40 heavy (non-hydrogen) atoms. The summed E-state index contributed by atoms with van der Waals surface area (Å²) in [6.07, 6.45) is -0.723. The van der Waals surface area contributed by atoms with Gasteiger partial charge in [0.1, 0.15) is 11.8 Å². The summed E-state index contributed by atoms with van der Waals surface area (Å²) in [5.74, 6) is -2.62. The molecule has 10 heteroatoms. The van der Waals surface area contributed by atoms with Crippen LogP contribution in [0.2, 0.25) is 0 Å². The highest BCUT2D eigenvalue weighted by Gasteiger charge is 2.30. The molecular weight excluding hydrogens is 514 g/mol. The van der Waals surface area contributed by atoms with Gasteiger partial charge >= 0.3 is 5.97 Å². The Bertz CT molecular complexity index is 1080. The van der Waals surface area contributed by atoms with Gasteiger partial charge in [-0.15, -0.1) is 0 Å². The van der Waals surface area contributed by atoms with Crippen LogP contribution in [0.15, 0.2) is 60.7 Å². The molecule has 0 radical (unpaired) electrons. The monoisotopic (exact) mass is 555 g/mol. The Morgan fingerprint density at radius 2 is 1.52 bits per heavy atom. The second-order valence-electron chi connectivity index (χ2n) is 10.2. The lowest BCUT2D eigenvalue weighted by Crippen LogP contribution is -2.50. The van der Waals surface area contributed by atoms with Gasteiger partial charge < -0.3 is 30.9 Å². The number of carbonyl (C=O) groups excluding carboxylic acids is 3. The standard InChI is InChI=1S/C30H41N3O7/c1-4-22(29(37)31-18-20(2)3)16-26(34)24(15-21-11-7-5-8-12-21)32-27(35)17-25(30(38)39)33-28(36)19-40-23-13-9-6-10-14-23/h5-14,20,22,24-26,34H,4,15-19H2,1-3H3,(H,31,37)(H,32,35)(H,33,36)(H,38,39)/t22?,24-,25-,26-/m0/s1. The molecule has 0 bridgehead atoms. The largest absolute Gasteiger partial charge is 0.484 e. The van der Waals surface area contributed by atoms with Crippen molar-refractivity contribution in [1.82, 2.24) is 16.0 Å². The first kappa shape index (κ1) is 32.3. The van der Waals surface area contributed by atoms with Crippen molar-refractivity contribution >= 4 is 23.7 Å². The quantitative estimate of drug-likeness (QED) is 0.201. The molecule has 218 valence electrons. The number of aliphatic hydroxyl groups excluding tert-OH is 1. The van der Waals surface area contributed by atoms with Gasteiger partial charge in [0, 0.05) is 12.5 Å². The van der Waals surface area contributed by atoms with Gasteiger partial charge in [0.2, 0.25) is 11.8 Å². The number of aliphatic hydroxyl groups is 1. The van der Waals surface area contributed by atoms with Crippen molar-refractivity contribution in [2.45, 2.75) is 64.6 Å². The lowest BCUT2D eigenvalue weighted by molar-refractivity contribution is -0.144. The van der Waals surface area contributed by atoms with Gasteiger partial charge in [-0.25, -0.2) is 4.79 Å². The highest BCUT2D eigenvalue weighted by atomic mass is 16.5. The van der Waals surface area contributed by atoms with Gasteiger partial charge in [-0.3, -0.25) is 14.4 Å². The van der Waals surface area contributed by atoms with Crippen molar-refractivity contribution in [1.29, 1.82) is 0 Å². The second-order valence-corrected chi connectivity index (χ2v) is 10.2. The van der Waals surface area contributed by atoms with Crippen LogP contribution in [0.1, 0.15) is 45.6 Å². The summed E-state index contributed by atoms with van der Waals surface area (Å²) in [5.41, 5.74) is 0.852. The number of para-hydroxylation sites is 1. The molecule has 2 rings (SSSR count). The molecule has 0 aliphatic rings. The Balaban J connectivity index is 2.05. The van der Waals surface area contributed by atoms with Crippen LogP contribution in [0.4, 0.5) is 0 Å². The Kier molecular flexibility index (Phi) is 13.7. The van der Waals surface area contributed by atoms with Gasteiger partial charge in [0.15, 0.2) is 6.61 Å². The van der Waals surface area contributed by atoms with Gasteiger partial charge in [-0.2, -0.15) is 0 Å². The maximum Gasteiger partial charge on any atom is 0.326 e. The smallest absolute Gasteiger partial charge is 0.326 e. The molecule has 4 atom stereocenters. The third-order valence-corrected chi connectivity index (χ3v) is 6.32. The van der Waals surface area contributed by atoms with Crippen LogP contribution >= 0.6 is 0 Å². The van der Waals surface area contributed by atoms with Crippen LogP contribution in [0, 0.1) is 11.8 Å². The fourth-order valence-corrected chi connectivity index (χ4v) is 4.07. The van der Waals surface area contributed by atoms with Crippen molar-refractivity contribution in [3.05, 3.63) is 66.2 Å². The number of rotatable bonds is 17. The van der Waals surface area contributed by atoms with E-state index in [0.717, 1.165) is 5.56 Å². The highest BCUT2D eigenvalue weighted by Crippen LogP contribution is 2.17. The average Bonchev–Trinajstić information content (AvgIpc) is 2.93. The van der Waals surface area contributed by atoms with Crippen LogP contribution in [0.5, 0.6) is 5.75 Å². The minimum atomic E-state index is -1.49. The summed E-state index contributed by atoms with van der Waals surface area (Å²) in [6, 6.07) is 15.5. The van der Waals surface area contributed by atoms with E-state index in [9.17, 15) is 29.4 Å². The molecule has 0 fully saturated rings. The number of benzene rings is 2. The van der Waals surface area contributed by atoms with Crippen LogP contribution in [0.3, 0.4) is 0 Å². The van der Waals surface area contributed by atoms with E-state index < -0.39 is 54.9 Å². The molecular formula is C30H41N3O7. The number of hydrogen-bond donors (Lipinski definition) is 5. The normalized spacial score (nSPS) is 13.9. The first-order valence-electron chi connectivity index (χ1n) is 13.6. The topological polar surface area (TPSA) is 154 Å². The van der Waals surface area contributed by atoms with E-state index in [1.807, 2.05) is 51.1 Å². The van der Waals surface area contributed by atoms with E-state index in [2.05, 4.69) is 16.0 Å². The molecule has 0 saturated heterocycles. The predicted molar refractivity (Wildman–Crippen MR) is 150 cm³/mol. The Morgan fingerprint density at radius 1 is 0.900 bits per heavy atom. The third kappa shape index (κ3) is 11.9. The van der Waals surface area contributed by atoms with Crippen LogP contribution in [0.25, 0.3) is 0 Å². The summed E-state index contributed by atoms with van der Waals surface area (Å²) >= 11 is 0. The molecule has 2 aromatic carbocycles. The van der Waals surface area contributed by atoms with Crippen molar-refractivity contribution in [2.24, 2.45) is 11.8 Å². The molecule has 3 amide bonds. The van der Waals surface area contributed by atoms with E-state index in [4.69, 9.17) is 4.74 Å².